The average Bonchev–Trinajstić information content (AvgIpc) is 2.37. The number of benzene rings is 1. The first kappa shape index (κ1) is 14.6. The fourth-order valence-electron chi connectivity index (χ4n) is 1.56. The van der Waals surface area contributed by atoms with Crippen molar-refractivity contribution in [3.8, 4) is 12.3 Å². The molecule has 1 aromatic carbocycles. The van der Waals surface area contributed by atoms with Gasteiger partial charge in [0.15, 0.2) is 0 Å². The van der Waals surface area contributed by atoms with Crippen molar-refractivity contribution in [2.75, 3.05) is 11.9 Å². The van der Waals surface area contributed by atoms with Gasteiger partial charge in [0.1, 0.15) is 0 Å². The van der Waals surface area contributed by atoms with Crippen LogP contribution in [0, 0.1) is 19.3 Å². The number of anilines is 1. The fraction of sp³-hybridized carbons (Fsp3) is 0.286. The number of carbonyl (C=O) groups excluding carboxylic acids is 1. The summed E-state index contributed by atoms with van der Waals surface area (Å²) in [6, 6.07) is 4.36. The Bertz CT molecular complexity index is 518. The average molecular weight is 260 g/mol. The number of aromatic carboxylic acids is 1. The van der Waals surface area contributed by atoms with Crippen molar-refractivity contribution in [1.82, 2.24) is 5.32 Å². The molecule has 5 nitrogen and oxygen atoms in total. The van der Waals surface area contributed by atoms with Crippen LogP contribution in [0.5, 0.6) is 0 Å². The molecule has 2 amide bonds. The Kier molecular flexibility index (Phi) is 5.42. The van der Waals surface area contributed by atoms with Gasteiger partial charge in [-0.1, -0.05) is 6.07 Å². The van der Waals surface area contributed by atoms with E-state index in [9.17, 15) is 9.59 Å². The summed E-state index contributed by atoms with van der Waals surface area (Å²) in [5.41, 5.74) is 1.17. The molecule has 0 fully saturated rings. The SMILES string of the molecule is C#CCCCNC(=O)Nc1cccc(C(=O)O)c1C. The maximum atomic E-state index is 11.6. The van der Waals surface area contributed by atoms with Crippen LogP contribution in [0.25, 0.3) is 0 Å². The highest BCUT2D eigenvalue weighted by atomic mass is 16.4. The Morgan fingerprint density at radius 2 is 2.16 bits per heavy atom. The van der Waals surface area contributed by atoms with Crippen molar-refractivity contribution in [2.45, 2.75) is 19.8 Å². The number of urea groups is 1. The van der Waals surface area contributed by atoms with E-state index in [1.54, 1.807) is 19.1 Å². The van der Waals surface area contributed by atoms with Gasteiger partial charge < -0.3 is 15.7 Å². The van der Waals surface area contributed by atoms with E-state index >= 15 is 0 Å². The summed E-state index contributed by atoms with van der Waals surface area (Å²) in [6.07, 6.45) is 6.41. The van der Waals surface area contributed by atoms with Gasteiger partial charge in [-0.2, -0.15) is 0 Å². The Morgan fingerprint density at radius 3 is 2.79 bits per heavy atom. The lowest BCUT2D eigenvalue weighted by molar-refractivity contribution is 0.0696. The lowest BCUT2D eigenvalue weighted by atomic mass is 10.1. The van der Waals surface area contributed by atoms with Gasteiger partial charge in [0, 0.05) is 18.7 Å². The third kappa shape index (κ3) is 4.36. The molecular weight excluding hydrogens is 244 g/mol. The molecule has 19 heavy (non-hydrogen) atoms. The zero-order valence-electron chi connectivity index (χ0n) is 10.7. The van der Waals surface area contributed by atoms with E-state index in [4.69, 9.17) is 11.5 Å². The molecule has 0 aliphatic rings. The Morgan fingerprint density at radius 1 is 1.42 bits per heavy atom. The molecule has 1 aromatic rings. The Balaban J connectivity index is 2.62. The molecule has 100 valence electrons. The first-order valence-electron chi connectivity index (χ1n) is 5.87. The van der Waals surface area contributed by atoms with E-state index in [0.717, 1.165) is 0 Å². The highest BCUT2D eigenvalue weighted by Gasteiger charge is 2.11. The summed E-state index contributed by atoms with van der Waals surface area (Å²) in [5, 5.41) is 14.2. The smallest absolute Gasteiger partial charge is 0.336 e. The monoisotopic (exact) mass is 260 g/mol. The van der Waals surface area contributed by atoms with Crippen LogP contribution >= 0.6 is 0 Å². The number of carbonyl (C=O) groups is 2. The van der Waals surface area contributed by atoms with Crippen molar-refractivity contribution >= 4 is 17.7 Å². The second-order valence-corrected chi connectivity index (χ2v) is 3.97. The predicted molar refractivity (Wildman–Crippen MR) is 73.2 cm³/mol. The van der Waals surface area contributed by atoms with E-state index in [2.05, 4.69) is 16.6 Å². The maximum absolute atomic E-state index is 11.6. The lowest BCUT2D eigenvalue weighted by Gasteiger charge is -2.11. The van der Waals surface area contributed by atoms with Crippen LogP contribution in [0.15, 0.2) is 18.2 Å². The molecule has 0 aromatic heterocycles. The van der Waals surface area contributed by atoms with Crippen molar-refractivity contribution in [1.29, 1.82) is 0 Å². The van der Waals surface area contributed by atoms with E-state index in [0.29, 0.717) is 30.6 Å². The topological polar surface area (TPSA) is 78.4 Å². The summed E-state index contributed by atoms with van der Waals surface area (Å²) < 4.78 is 0. The number of hydrogen-bond donors (Lipinski definition) is 3. The van der Waals surface area contributed by atoms with Crippen molar-refractivity contribution in [2.24, 2.45) is 0 Å². The predicted octanol–water partition coefficient (Wildman–Crippen LogP) is 2.23. The largest absolute Gasteiger partial charge is 0.478 e. The summed E-state index contributed by atoms with van der Waals surface area (Å²) in [7, 11) is 0. The number of unbranched alkanes of at least 4 members (excludes halogenated alkanes) is 1. The molecule has 0 atom stereocenters. The van der Waals surface area contributed by atoms with Crippen LogP contribution in [-0.4, -0.2) is 23.7 Å². The fourth-order valence-corrected chi connectivity index (χ4v) is 1.56. The second-order valence-electron chi connectivity index (χ2n) is 3.97. The number of carboxylic acid groups (broad SMARTS) is 1. The third-order valence-corrected chi connectivity index (χ3v) is 2.60. The minimum absolute atomic E-state index is 0.171. The number of terminal acetylenes is 1. The zero-order valence-corrected chi connectivity index (χ0v) is 10.7. The van der Waals surface area contributed by atoms with Crippen molar-refractivity contribution < 1.29 is 14.7 Å². The number of carboxylic acids is 1. The molecule has 0 bridgehead atoms. The molecule has 0 spiro atoms. The molecule has 1 rings (SSSR count). The molecule has 0 aliphatic heterocycles. The van der Waals surface area contributed by atoms with Crippen LogP contribution in [0.1, 0.15) is 28.8 Å². The van der Waals surface area contributed by atoms with E-state index in [-0.39, 0.29) is 11.6 Å². The maximum Gasteiger partial charge on any atom is 0.336 e. The van der Waals surface area contributed by atoms with Gasteiger partial charge in [0.2, 0.25) is 0 Å². The molecule has 0 unspecified atom stereocenters. The summed E-state index contributed by atoms with van der Waals surface area (Å²) in [4.78, 5) is 22.5. The van der Waals surface area contributed by atoms with Crippen LogP contribution in [0.4, 0.5) is 10.5 Å². The second kappa shape index (κ2) is 7.07. The van der Waals surface area contributed by atoms with Crippen LogP contribution in [0.2, 0.25) is 0 Å². The summed E-state index contributed by atoms with van der Waals surface area (Å²) in [6.45, 7) is 2.13. The van der Waals surface area contributed by atoms with Gasteiger partial charge in [-0.3, -0.25) is 0 Å². The lowest BCUT2D eigenvalue weighted by Crippen LogP contribution is -2.29. The Labute approximate surface area is 112 Å². The number of rotatable bonds is 5. The molecule has 0 heterocycles. The number of hydrogen-bond acceptors (Lipinski definition) is 2. The zero-order chi connectivity index (χ0) is 14.3. The van der Waals surface area contributed by atoms with E-state index in [1.807, 2.05) is 0 Å². The minimum atomic E-state index is -1.02. The quantitative estimate of drug-likeness (QED) is 0.561. The molecule has 0 aliphatic carbocycles. The third-order valence-electron chi connectivity index (χ3n) is 2.60. The van der Waals surface area contributed by atoms with E-state index < -0.39 is 5.97 Å². The van der Waals surface area contributed by atoms with Gasteiger partial charge in [0.25, 0.3) is 0 Å². The van der Waals surface area contributed by atoms with Crippen molar-refractivity contribution in [3.63, 3.8) is 0 Å². The highest BCUT2D eigenvalue weighted by molar-refractivity contribution is 5.95. The molecule has 0 saturated heterocycles. The van der Waals surface area contributed by atoms with Gasteiger partial charge in [-0.25, -0.2) is 9.59 Å². The first-order chi connectivity index (χ1) is 9.06. The molecule has 0 saturated carbocycles. The molecule has 5 heteroatoms. The van der Waals surface area contributed by atoms with Crippen LogP contribution < -0.4 is 10.6 Å². The summed E-state index contributed by atoms with van der Waals surface area (Å²) >= 11 is 0. The molecule has 3 N–H and O–H groups in total. The number of nitrogens with one attached hydrogen (secondary N) is 2. The first-order valence-corrected chi connectivity index (χ1v) is 5.87. The van der Waals surface area contributed by atoms with Gasteiger partial charge in [-0.05, 0) is 31.0 Å². The summed E-state index contributed by atoms with van der Waals surface area (Å²) in [5.74, 6) is 1.47. The van der Waals surface area contributed by atoms with E-state index in [1.165, 1.54) is 6.07 Å². The number of amides is 2. The van der Waals surface area contributed by atoms with Gasteiger partial charge in [-0.15, -0.1) is 12.3 Å². The normalized spacial score (nSPS) is 9.47. The van der Waals surface area contributed by atoms with Gasteiger partial charge in [0.05, 0.1) is 5.56 Å². The Hall–Kier alpha value is -2.48. The van der Waals surface area contributed by atoms with Crippen LogP contribution in [0.3, 0.4) is 0 Å². The minimum Gasteiger partial charge on any atom is -0.478 e. The van der Waals surface area contributed by atoms with Gasteiger partial charge >= 0.3 is 12.0 Å². The standard InChI is InChI=1S/C14H16N2O3/c1-3-4-5-9-15-14(19)16-12-8-6-7-11(10(12)2)13(17)18/h1,6-8H,4-5,9H2,2H3,(H,17,18)(H2,15,16,19). The highest BCUT2D eigenvalue weighted by Crippen LogP contribution is 2.18. The molecular formula is C14H16N2O3. The van der Waals surface area contributed by atoms with Crippen LogP contribution in [-0.2, 0) is 0 Å². The molecule has 0 radical (unpaired) electrons. The van der Waals surface area contributed by atoms with Crippen molar-refractivity contribution in [3.05, 3.63) is 29.3 Å².